The van der Waals surface area contributed by atoms with Crippen molar-refractivity contribution in [3.05, 3.63) is 42.5 Å². The highest BCUT2D eigenvalue weighted by molar-refractivity contribution is 6.03. The highest BCUT2D eigenvalue weighted by Gasteiger charge is 2.26. The minimum Gasteiger partial charge on any atom is -0.324 e. The van der Waals surface area contributed by atoms with Gasteiger partial charge in [0.1, 0.15) is 0 Å². The van der Waals surface area contributed by atoms with Crippen molar-refractivity contribution < 1.29 is 4.79 Å². The summed E-state index contributed by atoms with van der Waals surface area (Å²) in [6.07, 6.45) is 6.32. The second-order valence-electron chi connectivity index (χ2n) is 6.65. The van der Waals surface area contributed by atoms with Gasteiger partial charge in [-0.2, -0.15) is 0 Å². The summed E-state index contributed by atoms with van der Waals surface area (Å²) in [6, 6.07) is 14.6. The molecule has 3 rings (SSSR count). The summed E-state index contributed by atoms with van der Waals surface area (Å²) < 4.78 is 0. The molecule has 23 heavy (non-hydrogen) atoms. The van der Waals surface area contributed by atoms with Crippen molar-refractivity contribution in [1.82, 2.24) is 4.90 Å². The van der Waals surface area contributed by atoms with Crippen LogP contribution in [0.2, 0.25) is 0 Å². The predicted molar refractivity (Wildman–Crippen MR) is 96.7 cm³/mol. The van der Waals surface area contributed by atoms with E-state index < -0.39 is 0 Å². The van der Waals surface area contributed by atoms with Gasteiger partial charge in [-0.25, -0.2) is 0 Å². The molecule has 1 unspecified atom stereocenters. The molecule has 0 saturated heterocycles. The smallest absolute Gasteiger partial charge is 0.241 e. The first kappa shape index (κ1) is 16.0. The lowest BCUT2D eigenvalue weighted by Crippen LogP contribution is -2.46. The molecule has 2 aromatic rings. The van der Waals surface area contributed by atoms with Crippen molar-refractivity contribution in [2.24, 2.45) is 0 Å². The topological polar surface area (TPSA) is 32.3 Å². The van der Waals surface area contributed by atoms with Crippen LogP contribution in [0, 0.1) is 0 Å². The van der Waals surface area contributed by atoms with Crippen molar-refractivity contribution in [3.8, 4) is 0 Å². The molecular weight excluding hydrogens is 284 g/mol. The van der Waals surface area contributed by atoms with E-state index in [-0.39, 0.29) is 11.9 Å². The zero-order valence-corrected chi connectivity index (χ0v) is 14.1. The van der Waals surface area contributed by atoms with Crippen LogP contribution in [0.25, 0.3) is 10.8 Å². The lowest BCUT2D eigenvalue weighted by atomic mass is 9.93. The molecule has 0 aliphatic heterocycles. The van der Waals surface area contributed by atoms with E-state index in [9.17, 15) is 4.79 Å². The Morgan fingerprint density at radius 1 is 1.09 bits per heavy atom. The zero-order chi connectivity index (χ0) is 16.2. The number of hydrogen-bond donors (Lipinski definition) is 1. The Bertz CT molecular complexity index is 671. The van der Waals surface area contributed by atoms with E-state index in [0.717, 1.165) is 16.5 Å². The van der Waals surface area contributed by atoms with Gasteiger partial charge < -0.3 is 5.32 Å². The minimum atomic E-state index is -0.114. The fraction of sp³-hybridized carbons (Fsp3) is 0.450. The van der Waals surface area contributed by atoms with Gasteiger partial charge in [-0.1, -0.05) is 55.7 Å². The number of anilines is 1. The number of amides is 1. The van der Waals surface area contributed by atoms with Crippen LogP contribution in [0.3, 0.4) is 0 Å². The number of rotatable bonds is 4. The molecule has 122 valence electrons. The SMILES string of the molecule is CC(C(=O)Nc1cccc2ccccc12)N(C)C1CCCCC1. The van der Waals surface area contributed by atoms with Crippen LogP contribution in [-0.4, -0.2) is 29.9 Å². The van der Waals surface area contributed by atoms with E-state index in [2.05, 4.69) is 35.5 Å². The third kappa shape index (κ3) is 3.56. The quantitative estimate of drug-likeness (QED) is 0.906. The Hall–Kier alpha value is -1.87. The van der Waals surface area contributed by atoms with Crippen molar-refractivity contribution in [2.75, 3.05) is 12.4 Å². The van der Waals surface area contributed by atoms with E-state index in [1.54, 1.807) is 0 Å². The molecule has 2 aromatic carbocycles. The second kappa shape index (κ2) is 7.14. The molecule has 1 amide bonds. The second-order valence-corrected chi connectivity index (χ2v) is 6.65. The van der Waals surface area contributed by atoms with E-state index in [1.807, 2.05) is 31.2 Å². The van der Waals surface area contributed by atoms with Gasteiger partial charge in [-0.05, 0) is 38.3 Å². The summed E-state index contributed by atoms with van der Waals surface area (Å²) >= 11 is 0. The average Bonchev–Trinajstić information content (AvgIpc) is 2.61. The zero-order valence-electron chi connectivity index (χ0n) is 14.1. The van der Waals surface area contributed by atoms with Crippen LogP contribution in [-0.2, 0) is 4.79 Å². The van der Waals surface area contributed by atoms with E-state index >= 15 is 0 Å². The summed E-state index contributed by atoms with van der Waals surface area (Å²) in [5.41, 5.74) is 0.900. The molecule has 1 saturated carbocycles. The third-order valence-corrected chi connectivity index (χ3v) is 5.19. The van der Waals surface area contributed by atoms with Crippen LogP contribution in [0.4, 0.5) is 5.69 Å². The third-order valence-electron chi connectivity index (χ3n) is 5.19. The number of benzene rings is 2. The summed E-state index contributed by atoms with van der Waals surface area (Å²) in [5, 5.41) is 5.37. The summed E-state index contributed by atoms with van der Waals surface area (Å²) in [6.45, 7) is 2.01. The molecule has 0 bridgehead atoms. The molecule has 0 heterocycles. The maximum atomic E-state index is 12.7. The van der Waals surface area contributed by atoms with Crippen molar-refractivity contribution >= 4 is 22.4 Å². The molecular formula is C20H26N2O. The average molecular weight is 310 g/mol. The summed E-state index contributed by atoms with van der Waals surface area (Å²) in [7, 11) is 2.09. The number of likely N-dealkylation sites (N-methyl/N-ethyl adjacent to an activating group) is 1. The Balaban J connectivity index is 1.72. The summed E-state index contributed by atoms with van der Waals surface area (Å²) in [5.74, 6) is 0.0782. The number of nitrogens with zero attached hydrogens (tertiary/aromatic N) is 1. The Morgan fingerprint density at radius 2 is 1.78 bits per heavy atom. The first-order chi connectivity index (χ1) is 11.2. The standard InChI is InChI=1S/C20H26N2O/c1-15(22(2)17-11-4-3-5-12-17)20(23)21-19-14-8-10-16-9-6-7-13-18(16)19/h6-10,13-15,17H,3-5,11-12H2,1-2H3,(H,21,23). The molecule has 1 fully saturated rings. The van der Waals surface area contributed by atoms with Gasteiger partial charge >= 0.3 is 0 Å². The maximum Gasteiger partial charge on any atom is 0.241 e. The van der Waals surface area contributed by atoms with Gasteiger partial charge in [-0.15, -0.1) is 0 Å². The van der Waals surface area contributed by atoms with Crippen LogP contribution in [0.15, 0.2) is 42.5 Å². The molecule has 1 aliphatic rings. The normalized spacial score (nSPS) is 17.3. The molecule has 1 atom stereocenters. The Morgan fingerprint density at radius 3 is 2.57 bits per heavy atom. The van der Waals surface area contributed by atoms with E-state index in [1.165, 1.54) is 32.1 Å². The number of carbonyl (C=O) groups is 1. The lowest BCUT2D eigenvalue weighted by Gasteiger charge is -2.34. The first-order valence-corrected chi connectivity index (χ1v) is 8.67. The minimum absolute atomic E-state index is 0.0782. The Labute approximate surface area is 138 Å². The fourth-order valence-corrected chi connectivity index (χ4v) is 3.56. The van der Waals surface area contributed by atoms with Gasteiger partial charge in [-0.3, -0.25) is 9.69 Å². The largest absolute Gasteiger partial charge is 0.324 e. The van der Waals surface area contributed by atoms with Crippen molar-refractivity contribution in [3.63, 3.8) is 0 Å². The highest BCUT2D eigenvalue weighted by Crippen LogP contribution is 2.25. The lowest BCUT2D eigenvalue weighted by molar-refractivity contribution is -0.121. The maximum absolute atomic E-state index is 12.7. The molecule has 0 radical (unpaired) electrons. The number of nitrogens with one attached hydrogen (secondary N) is 1. The monoisotopic (exact) mass is 310 g/mol. The number of hydrogen-bond acceptors (Lipinski definition) is 2. The molecule has 3 nitrogen and oxygen atoms in total. The summed E-state index contributed by atoms with van der Waals surface area (Å²) in [4.78, 5) is 14.9. The van der Waals surface area contributed by atoms with E-state index in [0.29, 0.717) is 6.04 Å². The van der Waals surface area contributed by atoms with Crippen LogP contribution in [0.1, 0.15) is 39.0 Å². The molecule has 1 aliphatic carbocycles. The van der Waals surface area contributed by atoms with Crippen LogP contribution in [0.5, 0.6) is 0 Å². The highest BCUT2D eigenvalue weighted by atomic mass is 16.2. The van der Waals surface area contributed by atoms with Gasteiger partial charge in [0.05, 0.1) is 6.04 Å². The van der Waals surface area contributed by atoms with Crippen LogP contribution >= 0.6 is 0 Å². The van der Waals surface area contributed by atoms with Crippen molar-refractivity contribution in [1.29, 1.82) is 0 Å². The molecule has 0 spiro atoms. The van der Waals surface area contributed by atoms with Gasteiger partial charge in [0, 0.05) is 17.1 Å². The van der Waals surface area contributed by atoms with Crippen LogP contribution < -0.4 is 5.32 Å². The van der Waals surface area contributed by atoms with E-state index in [4.69, 9.17) is 0 Å². The van der Waals surface area contributed by atoms with Gasteiger partial charge in [0.2, 0.25) is 5.91 Å². The Kier molecular flexibility index (Phi) is 4.97. The molecule has 3 heteroatoms. The molecule has 1 N–H and O–H groups in total. The molecule has 0 aromatic heterocycles. The number of carbonyl (C=O) groups excluding carboxylic acids is 1. The van der Waals surface area contributed by atoms with Gasteiger partial charge in [0.25, 0.3) is 0 Å². The fourth-order valence-electron chi connectivity index (χ4n) is 3.56. The predicted octanol–water partition coefficient (Wildman–Crippen LogP) is 4.43. The first-order valence-electron chi connectivity index (χ1n) is 8.67. The van der Waals surface area contributed by atoms with Gasteiger partial charge in [0.15, 0.2) is 0 Å². The number of fused-ring (bicyclic) bond motifs is 1. The van der Waals surface area contributed by atoms with Crippen molar-refractivity contribution in [2.45, 2.75) is 51.1 Å².